The Morgan fingerprint density at radius 3 is 2.33 bits per heavy atom. The molecule has 8 heteroatoms. The highest BCUT2D eigenvalue weighted by Gasteiger charge is 2.24. The normalized spacial score (nSPS) is 10.6. The second-order valence-electron chi connectivity index (χ2n) is 7.07. The average Bonchev–Trinajstić information content (AvgIpc) is 3.33. The predicted molar refractivity (Wildman–Crippen MR) is 122 cm³/mol. The number of hydrogen-bond acceptors (Lipinski definition) is 7. The molecule has 0 fully saturated rings. The summed E-state index contributed by atoms with van der Waals surface area (Å²) in [6.45, 7) is 0.466. The van der Waals surface area contributed by atoms with Crippen LogP contribution in [0.3, 0.4) is 0 Å². The van der Waals surface area contributed by atoms with E-state index in [1.807, 2.05) is 54.6 Å². The molecule has 2 aromatic heterocycles. The van der Waals surface area contributed by atoms with Crippen molar-refractivity contribution in [2.24, 2.45) is 0 Å². The van der Waals surface area contributed by atoms with Gasteiger partial charge < -0.3 is 13.9 Å². The molecule has 1 amide bonds. The van der Waals surface area contributed by atoms with Crippen LogP contribution in [0.25, 0.3) is 22.6 Å². The maximum absolute atomic E-state index is 12.6. The number of hydrogen-bond donors (Lipinski definition) is 0. The van der Waals surface area contributed by atoms with Gasteiger partial charge >= 0.3 is 5.91 Å². The van der Waals surface area contributed by atoms with Crippen LogP contribution < -0.4 is 9.47 Å². The maximum Gasteiger partial charge on any atom is 0.332 e. The molecule has 2 heterocycles. The standard InChI is InChI=1S/C25H23N3O5/c1-28(31-3)25(29)24-27-22(19-11-14-21(30-2)26-15-19)23(33-24)18-9-12-20(13-10-18)32-16-17-7-5-4-6-8-17/h4-15H,16H2,1-3H3. The number of aromatic nitrogens is 2. The second kappa shape index (κ2) is 9.97. The molecule has 0 aliphatic carbocycles. The molecule has 0 radical (unpaired) electrons. The Morgan fingerprint density at radius 1 is 0.970 bits per heavy atom. The van der Waals surface area contributed by atoms with Gasteiger partial charge in [-0.2, -0.15) is 0 Å². The molecule has 0 saturated heterocycles. The molecule has 4 rings (SSSR count). The zero-order chi connectivity index (χ0) is 23.2. The topological polar surface area (TPSA) is 86.9 Å². The molecule has 0 saturated carbocycles. The van der Waals surface area contributed by atoms with Crippen LogP contribution in [0.2, 0.25) is 0 Å². The first-order valence-electron chi connectivity index (χ1n) is 10.2. The van der Waals surface area contributed by atoms with Crippen LogP contribution >= 0.6 is 0 Å². The molecule has 33 heavy (non-hydrogen) atoms. The Hall–Kier alpha value is -4.17. The lowest BCUT2D eigenvalue weighted by atomic mass is 10.1. The van der Waals surface area contributed by atoms with E-state index in [1.165, 1.54) is 14.2 Å². The van der Waals surface area contributed by atoms with Crippen molar-refractivity contribution >= 4 is 5.91 Å². The van der Waals surface area contributed by atoms with E-state index in [0.29, 0.717) is 35.3 Å². The van der Waals surface area contributed by atoms with Gasteiger partial charge in [-0.15, -0.1) is 0 Å². The van der Waals surface area contributed by atoms with E-state index in [9.17, 15) is 4.79 Å². The van der Waals surface area contributed by atoms with Crippen LogP contribution in [-0.2, 0) is 11.4 Å². The van der Waals surface area contributed by atoms with Crippen LogP contribution in [0.5, 0.6) is 11.6 Å². The monoisotopic (exact) mass is 445 g/mol. The van der Waals surface area contributed by atoms with Crippen molar-refractivity contribution in [3.05, 3.63) is 84.4 Å². The van der Waals surface area contributed by atoms with E-state index in [1.54, 1.807) is 25.4 Å². The van der Waals surface area contributed by atoms with Gasteiger partial charge in [-0.05, 0) is 35.9 Å². The van der Waals surface area contributed by atoms with E-state index in [4.69, 9.17) is 18.7 Å². The Labute approximate surface area is 191 Å². The van der Waals surface area contributed by atoms with Crippen LogP contribution in [0.15, 0.2) is 77.3 Å². The number of nitrogens with zero attached hydrogens (tertiary/aromatic N) is 3. The third-order valence-corrected chi connectivity index (χ3v) is 4.95. The summed E-state index contributed by atoms with van der Waals surface area (Å²) in [4.78, 5) is 26.2. The van der Waals surface area contributed by atoms with Crippen molar-refractivity contribution in [3.8, 4) is 34.2 Å². The van der Waals surface area contributed by atoms with E-state index in [0.717, 1.165) is 16.2 Å². The fourth-order valence-corrected chi connectivity index (χ4v) is 3.11. The van der Waals surface area contributed by atoms with Gasteiger partial charge in [0.2, 0.25) is 5.88 Å². The molecular weight excluding hydrogens is 422 g/mol. The third-order valence-electron chi connectivity index (χ3n) is 4.95. The van der Waals surface area contributed by atoms with Gasteiger partial charge in [0.15, 0.2) is 5.76 Å². The van der Waals surface area contributed by atoms with Gasteiger partial charge in [-0.3, -0.25) is 9.63 Å². The van der Waals surface area contributed by atoms with Crippen LogP contribution in [0.4, 0.5) is 0 Å². The molecule has 0 atom stereocenters. The van der Waals surface area contributed by atoms with Gasteiger partial charge in [0.05, 0.1) is 14.2 Å². The first-order chi connectivity index (χ1) is 16.1. The van der Waals surface area contributed by atoms with Crippen molar-refractivity contribution < 1.29 is 23.5 Å². The number of oxazole rings is 1. The second-order valence-corrected chi connectivity index (χ2v) is 7.07. The zero-order valence-corrected chi connectivity index (χ0v) is 18.5. The maximum atomic E-state index is 12.6. The smallest absolute Gasteiger partial charge is 0.332 e. The Balaban J connectivity index is 1.64. The van der Waals surface area contributed by atoms with Crippen LogP contribution in [0, 0.1) is 0 Å². The summed E-state index contributed by atoms with van der Waals surface area (Å²) < 4.78 is 16.9. The fraction of sp³-hybridized carbons (Fsp3) is 0.160. The quantitative estimate of drug-likeness (QED) is 0.366. The van der Waals surface area contributed by atoms with Crippen molar-refractivity contribution in [1.29, 1.82) is 0 Å². The molecule has 168 valence electrons. The minimum Gasteiger partial charge on any atom is -0.489 e. The van der Waals surface area contributed by atoms with E-state index in [2.05, 4.69) is 9.97 Å². The lowest BCUT2D eigenvalue weighted by Crippen LogP contribution is -2.25. The summed E-state index contributed by atoms with van der Waals surface area (Å²) in [6, 6.07) is 20.9. The summed E-state index contributed by atoms with van der Waals surface area (Å²) in [6.07, 6.45) is 1.62. The van der Waals surface area contributed by atoms with Gasteiger partial charge in [-0.25, -0.2) is 15.0 Å². The number of carbonyl (C=O) groups excluding carboxylic acids is 1. The minimum absolute atomic E-state index is 0.0930. The van der Waals surface area contributed by atoms with E-state index >= 15 is 0 Å². The van der Waals surface area contributed by atoms with Crippen molar-refractivity contribution in [1.82, 2.24) is 15.0 Å². The van der Waals surface area contributed by atoms with Gasteiger partial charge in [0.25, 0.3) is 5.89 Å². The summed E-state index contributed by atoms with van der Waals surface area (Å²) in [5, 5.41) is 1.05. The van der Waals surface area contributed by atoms with Crippen molar-refractivity contribution in [2.75, 3.05) is 21.3 Å². The number of methoxy groups -OCH3 is 1. The highest BCUT2D eigenvalue weighted by molar-refractivity contribution is 5.91. The summed E-state index contributed by atoms with van der Waals surface area (Å²) in [5.41, 5.74) is 2.98. The van der Waals surface area contributed by atoms with Gasteiger partial charge in [0, 0.05) is 30.4 Å². The molecular formula is C25H23N3O5. The molecule has 0 spiro atoms. The van der Waals surface area contributed by atoms with Crippen LogP contribution in [-0.4, -0.2) is 42.2 Å². The van der Waals surface area contributed by atoms with Crippen LogP contribution in [0.1, 0.15) is 16.2 Å². The van der Waals surface area contributed by atoms with Crippen molar-refractivity contribution in [3.63, 3.8) is 0 Å². The Morgan fingerprint density at radius 2 is 1.70 bits per heavy atom. The highest BCUT2D eigenvalue weighted by Crippen LogP contribution is 2.34. The number of rotatable bonds is 8. The first kappa shape index (κ1) is 22.0. The number of ether oxygens (including phenoxy) is 2. The highest BCUT2D eigenvalue weighted by atomic mass is 16.7. The SMILES string of the molecule is COc1ccc(-c2nc(C(=O)N(C)OC)oc2-c2ccc(OCc3ccccc3)cc2)cn1. The molecule has 2 aromatic carbocycles. The van der Waals surface area contributed by atoms with Gasteiger partial charge in [0.1, 0.15) is 18.1 Å². The number of benzene rings is 2. The lowest BCUT2D eigenvalue weighted by molar-refractivity contribution is -0.0777. The molecule has 4 aromatic rings. The van der Waals surface area contributed by atoms with E-state index in [-0.39, 0.29) is 5.89 Å². The predicted octanol–water partition coefficient (Wildman–Crippen LogP) is 4.62. The number of pyridine rings is 1. The molecule has 0 aliphatic rings. The average molecular weight is 445 g/mol. The summed E-state index contributed by atoms with van der Waals surface area (Å²) >= 11 is 0. The van der Waals surface area contributed by atoms with E-state index < -0.39 is 5.91 Å². The first-order valence-corrected chi connectivity index (χ1v) is 10.2. The Kier molecular flexibility index (Phi) is 6.66. The number of hydroxylamine groups is 2. The molecule has 0 unspecified atom stereocenters. The van der Waals surface area contributed by atoms with Gasteiger partial charge in [-0.1, -0.05) is 30.3 Å². The number of carbonyl (C=O) groups is 1. The zero-order valence-electron chi connectivity index (χ0n) is 18.5. The lowest BCUT2D eigenvalue weighted by Gasteiger charge is -2.10. The summed E-state index contributed by atoms with van der Waals surface area (Å²) in [5.74, 6) is 1.02. The fourth-order valence-electron chi connectivity index (χ4n) is 3.11. The third kappa shape index (κ3) is 5.02. The molecule has 0 bridgehead atoms. The molecule has 8 nitrogen and oxygen atoms in total. The largest absolute Gasteiger partial charge is 0.489 e. The summed E-state index contributed by atoms with van der Waals surface area (Å²) in [7, 11) is 4.42. The molecule has 0 aliphatic heterocycles. The Bertz CT molecular complexity index is 1210. The van der Waals surface area contributed by atoms with Crippen molar-refractivity contribution in [2.45, 2.75) is 6.61 Å². The molecule has 0 N–H and O–H groups in total. The minimum atomic E-state index is -0.505. The number of amides is 1.